The van der Waals surface area contributed by atoms with Gasteiger partial charge in [0.1, 0.15) is 0 Å². The van der Waals surface area contributed by atoms with Crippen molar-refractivity contribution in [2.45, 2.75) is 17.9 Å². The number of rotatable bonds is 1. The van der Waals surface area contributed by atoms with Crippen LogP contribution >= 0.6 is 11.6 Å². The van der Waals surface area contributed by atoms with Crippen LogP contribution in [0.25, 0.3) is 6.08 Å². The molecule has 5 heteroatoms. The number of nitrogens with two attached hydrogens (primary N) is 1. The van der Waals surface area contributed by atoms with E-state index in [4.69, 9.17) is 17.3 Å². The monoisotopic (exact) mass is 243 g/mol. The van der Waals surface area contributed by atoms with Crippen LogP contribution < -0.4 is 5.73 Å². The molecule has 15 heavy (non-hydrogen) atoms. The van der Waals surface area contributed by atoms with Gasteiger partial charge in [-0.2, -0.15) is 0 Å². The van der Waals surface area contributed by atoms with Gasteiger partial charge in [-0.25, -0.2) is 8.42 Å². The summed E-state index contributed by atoms with van der Waals surface area (Å²) in [6, 6.07) is 4.49. The molecule has 0 aromatic heterocycles. The van der Waals surface area contributed by atoms with E-state index in [0.717, 1.165) is 0 Å². The van der Waals surface area contributed by atoms with Gasteiger partial charge in [-0.15, -0.1) is 0 Å². The maximum Gasteiger partial charge on any atom is 0.206 e. The van der Waals surface area contributed by atoms with Gasteiger partial charge >= 0.3 is 0 Å². The standard InChI is InChI=1S/C10H10ClNO2S/c1-6(12)9-5-7-3-2-4-8(11)10(7)15(9,13)14/h2-6H,12H2,1H3. The second-order valence-electron chi connectivity index (χ2n) is 3.50. The largest absolute Gasteiger partial charge is 0.324 e. The Morgan fingerprint density at radius 3 is 2.60 bits per heavy atom. The highest BCUT2D eigenvalue weighted by Gasteiger charge is 2.33. The van der Waals surface area contributed by atoms with Gasteiger partial charge in [-0.3, -0.25) is 0 Å². The van der Waals surface area contributed by atoms with E-state index >= 15 is 0 Å². The van der Waals surface area contributed by atoms with Crippen molar-refractivity contribution in [2.75, 3.05) is 0 Å². The summed E-state index contributed by atoms with van der Waals surface area (Å²) in [6.07, 6.45) is 1.58. The first kappa shape index (κ1) is 10.7. The summed E-state index contributed by atoms with van der Waals surface area (Å²) < 4.78 is 24.0. The van der Waals surface area contributed by atoms with Gasteiger partial charge in [0.2, 0.25) is 9.84 Å². The van der Waals surface area contributed by atoms with Gasteiger partial charge < -0.3 is 5.73 Å². The molecule has 0 amide bonds. The highest BCUT2D eigenvalue weighted by molar-refractivity contribution is 7.96. The Balaban J connectivity index is 2.75. The first-order valence-corrected chi connectivity index (χ1v) is 6.31. The van der Waals surface area contributed by atoms with Crippen LogP contribution in [0, 0.1) is 0 Å². The van der Waals surface area contributed by atoms with Crippen molar-refractivity contribution in [1.29, 1.82) is 0 Å². The van der Waals surface area contributed by atoms with E-state index in [1.165, 1.54) is 0 Å². The average molecular weight is 244 g/mol. The molecule has 1 aromatic rings. The van der Waals surface area contributed by atoms with Crippen molar-refractivity contribution in [3.8, 4) is 0 Å². The van der Waals surface area contributed by atoms with Gasteiger partial charge in [0, 0.05) is 6.04 Å². The molecule has 1 aromatic carbocycles. The summed E-state index contributed by atoms with van der Waals surface area (Å²) in [5.74, 6) is 0. The molecule has 3 nitrogen and oxygen atoms in total. The van der Waals surface area contributed by atoms with Crippen molar-refractivity contribution in [3.63, 3.8) is 0 Å². The predicted molar refractivity (Wildman–Crippen MR) is 60.3 cm³/mol. The minimum absolute atomic E-state index is 0.180. The molecule has 2 N–H and O–H groups in total. The predicted octanol–water partition coefficient (Wildman–Crippen LogP) is 1.82. The van der Waals surface area contributed by atoms with Crippen LogP contribution in [0.1, 0.15) is 12.5 Å². The van der Waals surface area contributed by atoms with Crippen molar-refractivity contribution in [2.24, 2.45) is 5.73 Å². The molecule has 1 unspecified atom stereocenters. The van der Waals surface area contributed by atoms with Crippen LogP contribution in [0.4, 0.5) is 0 Å². The van der Waals surface area contributed by atoms with Crippen molar-refractivity contribution in [1.82, 2.24) is 0 Å². The summed E-state index contributed by atoms with van der Waals surface area (Å²) in [4.78, 5) is 0.407. The lowest BCUT2D eigenvalue weighted by Gasteiger charge is -2.07. The fourth-order valence-electron chi connectivity index (χ4n) is 1.65. The molecular weight excluding hydrogens is 234 g/mol. The Hall–Kier alpha value is -0.840. The summed E-state index contributed by atoms with van der Waals surface area (Å²) >= 11 is 5.87. The Labute approximate surface area is 93.5 Å². The third-order valence-corrected chi connectivity index (χ3v) is 4.85. The normalized spacial score (nSPS) is 19.5. The zero-order valence-electron chi connectivity index (χ0n) is 8.07. The van der Waals surface area contributed by atoms with E-state index in [2.05, 4.69) is 0 Å². The molecule has 0 spiro atoms. The first-order chi connectivity index (χ1) is 6.94. The Kier molecular flexibility index (Phi) is 2.37. The lowest BCUT2D eigenvalue weighted by atomic mass is 10.2. The first-order valence-electron chi connectivity index (χ1n) is 4.45. The third kappa shape index (κ3) is 1.49. The maximum atomic E-state index is 12.0. The number of sulfone groups is 1. The molecule has 2 rings (SSSR count). The molecule has 0 saturated carbocycles. The average Bonchev–Trinajstić information content (AvgIpc) is 2.39. The van der Waals surface area contributed by atoms with E-state index in [-0.39, 0.29) is 14.8 Å². The van der Waals surface area contributed by atoms with Crippen molar-refractivity contribution in [3.05, 3.63) is 33.7 Å². The lowest BCUT2D eigenvalue weighted by molar-refractivity contribution is 0.600. The molecule has 0 saturated heterocycles. The van der Waals surface area contributed by atoms with E-state index in [0.29, 0.717) is 5.56 Å². The van der Waals surface area contributed by atoms with Crippen LogP contribution in [-0.4, -0.2) is 14.5 Å². The molecule has 0 aliphatic carbocycles. The summed E-state index contributed by atoms with van der Waals surface area (Å²) in [6.45, 7) is 1.64. The Morgan fingerprint density at radius 1 is 1.40 bits per heavy atom. The van der Waals surface area contributed by atoms with E-state index in [1.807, 2.05) is 0 Å². The molecule has 1 atom stereocenters. The maximum absolute atomic E-state index is 12.0. The van der Waals surface area contributed by atoms with Crippen molar-refractivity contribution < 1.29 is 8.42 Å². The third-order valence-electron chi connectivity index (χ3n) is 2.32. The second kappa shape index (κ2) is 3.33. The smallest absolute Gasteiger partial charge is 0.206 e. The van der Waals surface area contributed by atoms with Gasteiger partial charge in [0.05, 0.1) is 14.8 Å². The molecule has 0 fully saturated rings. The van der Waals surface area contributed by atoms with Gasteiger partial charge in [-0.05, 0) is 24.6 Å². The number of benzene rings is 1. The molecule has 0 radical (unpaired) electrons. The molecule has 1 aliphatic rings. The minimum Gasteiger partial charge on any atom is -0.324 e. The van der Waals surface area contributed by atoms with Crippen LogP contribution in [-0.2, 0) is 9.84 Å². The fraction of sp³-hybridized carbons (Fsp3) is 0.200. The molecule has 1 aliphatic heterocycles. The quantitative estimate of drug-likeness (QED) is 0.819. The van der Waals surface area contributed by atoms with Gasteiger partial charge in [0.25, 0.3) is 0 Å². The zero-order chi connectivity index (χ0) is 11.2. The number of fused-ring (bicyclic) bond motifs is 1. The summed E-state index contributed by atoms with van der Waals surface area (Å²) in [5, 5.41) is 0.249. The van der Waals surface area contributed by atoms with Crippen LogP contribution in [0.3, 0.4) is 0 Å². The Bertz CT molecular complexity index is 547. The summed E-state index contributed by atoms with van der Waals surface area (Å²) in [5.41, 5.74) is 6.23. The Morgan fingerprint density at radius 2 is 2.07 bits per heavy atom. The highest BCUT2D eigenvalue weighted by Crippen LogP contribution is 2.38. The van der Waals surface area contributed by atoms with E-state index in [9.17, 15) is 8.42 Å². The van der Waals surface area contributed by atoms with Gasteiger partial charge in [0.15, 0.2) is 0 Å². The topological polar surface area (TPSA) is 60.2 Å². The van der Waals surface area contributed by atoms with Crippen LogP contribution in [0.15, 0.2) is 28.0 Å². The van der Waals surface area contributed by atoms with Gasteiger partial charge in [-0.1, -0.05) is 23.7 Å². The minimum atomic E-state index is -3.47. The fourth-order valence-corrected chi connectivity index (χ4v) is 3.90. The number of halogens is 1. The van der Waals surface area contributed by atoms with Crippen LogP contribution in [0.5, 0.6) is 0 Å². The van der Waals surface area contributed by atoms with E-state index < -0.39 is 15.9 Å². The lowest BCUT2D eigenvalue weighted by Crippen LogP contribution is -2.22. The SMILES string of the molecule is CC(N)C1=Cc2cccc(Cl)c2S1(=O)=O. The van der Waals surface area contributed by atoms with Crippen LogP contribution in [0.2, 0.25) is 5.02 Å². The molecular formula is C10H10ClNO2S. The summed E-state index contributed by atoms with van der Waals surface area (Å²) in [7, 11) is -3.47. The zero-order valence-corrected chi connectivity index (χ0v) is 9.64. The molecule has 1 heterocycles. The van der Waals surface area contributed by atoms with E-state index in [1.54, 1.807) is 31.2 Å². The highest BCUT2D eigenvalue weighted by atomic mass is 35.5. The number of hydrogen-bond acceptors (Lipinski definition) is 3. The van der Waals surface area contributed by atoms with Crippen molar-refractivity contribution >= 4 is 27.5 Å². The molecule has 0 bridgehead atoms. The number of hydrogen-bond donors (Lipinski definition) is 1. The molecule has 80 valence electrons. The second-order valence-corrected chi connectivity index (χ2v) is 5.79.